The number of methoxy groups -OCH3 is 2. The van der Waals surface area contributed by atoms with Gasteiger partial charge >= 0.3 is 0 Å². The van der Waals surface area contributed by atoms with Crippen LogP contribution >= 0.6 is 0 Å². The predicted octanol–water partition coefficient (Wildman–Crippen LogP) is 3.19. The Morgan fingerprint density at radius 1 is 1.06 bits per heavy atom. The molecule has 12 heteroatoms. The van der Waals surface area contributed by atoms with Gasteiger partial charge in [0.2, 0.25) is 21.8 Å². The summed E-state index contributed by atoms with van der Waals surface area (Å²) in [6.45, 7) is 3.61. The van der Waals surface area contributed by atoms with Crippen molar-refractivity contribution in [2.24, 2.45) is 0 Å². The number of aromatic nitrogens is 5. The first-order valence-electron chi connectivity index (χ1n) is 10.3. The lowest BCUT2D eigenvalue weighted by Crippen LogP contribution is -2.23. The van der Waals surface area contributed by atoms with Gasteiger partial charge < -0.3 is 13.9 Å². The molecule has 3 heterocycles. The summed E-state index contributed by atoms with van der Waals surface area (Å²) in [4.78, 5) is 8.47. The highest BCUT2D eigenvalue weighted by Crippen LogP contribution is 2.37. The van der Waals surface area contributed by atoms with Crippen molar-refractivity contribution in [3.05, 3.63) is 60.4 Å². The molecule has 11 nitrogen and oxygen atoms in total. The van der Waals surface area contributed by atoms with Gasteiger partial charge in [-0.1, -0.05) is 13.0 Å². The average molecular weight is 485 g/mol. The summed E-state index contributed by atoms with van der Waals surface area (Å²) in [5.41, 5.74) is 1.30. The largest absolute Gasteiger partial charge is 0.494 e. The predicted molar refractivity (Wildman–Crippen MR) is 125 cm³/mol. The number of anilines is 1. The quantitative estimate of drug-likeness (QED) is 0.380. The van der Waals surface area contributed by atoms with Crippen molar-refractivity contribution in [1.82, 2.24) is 24.7 Å². The maximum Gasteiger partial charge on any atom is 0.243 e. The monoisotopic (exact) mass is 484 g/mol. The second-order valence-electron chi connectivity index (χ2n) is 7.57. The first-order chi connectivity index (χ1) is 16.3. The zero-order chi connectivity index (χ0) is 24.3. The zero-order valence-electron chi connectivity index (χ0n) is 19.1. The number of nitrogens with one attached hydrogen (secondary N) is 1. The van der Waals surface area contributed by atoms with E-state index in [2.05, 4.69) is 24.9 Å². The fraction of sp³-hybridized carbons (Fsp3) is 0.273. The standard InChI is InChI=1S/C22H24N6O5S/c1-14-11-23-20(24-12-14)15(2)13-34(29,30)27-22-26-25-21(18-9-6-10-33-18)28(22)19-16(31-3)7-5-8-17(19)32-4/h5-12,15H,13H2,1-4H3,(H,26,27)/t15-/m1/s1. The summed E-state index contributed by atoms with van der Waals surface area (Å²) in [5, 5.41) is 8.27. The number of rotatable bonds is 9. The average Bonchev–Trinajstić information content (AvgIpc) is 3.48. The Kier molecular flexibility index (Phi) is 6.50. The number of nitrogens with zero attached hydrogens (tertiary/aromatic N) is 5. The lowest BCUT2D eigenvalue weighted by molar-refractivity contribution is 0.391. The smallest absolute Gasteiger partial charge is 0.243 e. The molecule has 0 spiro atoms. The van der Waals surface area contributed by atoms with E-state index in [1.54, 1.807) is 49.6 Å². The number of para-hydroxylation sites is 1. The Morgan fingerprint density at radius 2 is 1.74 bits per heavy atom. The van der Waals surface area contributed by atoms with Gasteiger partial charge in [-0.05, 0) is 36.8 Å². The van der Waals surface area contributed by atoms with Crippen LogP contribution in [0.15, 0.2) is 53.4 Å². The van der Waals surface area contributed by atoms with Crippen LogP contribution in [0.2, 0.25) is 0 Å². The van der Waals surface area contributed by atoms with Crippen LogP contribution < -0.4 is 14.2 Å². The van der Waals surface area contributed by atoms with Crippen LogP contribution in [0.25, 0.3) is 17.3 Å². The van der Waals surface area contributed by atoms with E-state index in [1.165, 1.54) is 25.0 Å². The Hall–Kier alpha value is -3.93. The number of sulfonamides is 1. The fourth-order valence-corrected chi connectivity index (χ4v) is 4.72. The highest BCUT2D eigenvalue weighted by atomic mass is 32.2. The second kappa shape index (κ2) is 9.51. The van der Waals surface area contributed by atoms with Crippen molar-refractivity contribution >= 4 is 16.0 Å². The van der Waals surface area contributed by atoms with E-state index in [1.807, 2.05) is 6.92 Å². The van der Waals surface area contributed by atoms with Crippen molar-refractivity contribution in [2.45, 2.75) is 19.8 Å². The molecule has 0 radical (unpaired) electrons. The minimum absolute atomic E-state index is 0.0498. The maximum atomic E-state index is 13.1. The van der Waals surface area contributed by atoms with Crippen molar-refractivity contribution in [3.63, 3.8) is 0 Å². The van der Waals surface area contributed by atoms with Gasteiger partial charge in [-0.25, -0.2) is 18.4 Å². The first-order valence-corrected chi connectivity index (χ1v) is 12.0. The SMILES string of the molecule is COc1cccc(OC)c1-n1c(NS(=O)(=O)C[C@@H](C)c2ncc(C)cn2)nnc1-c1ccco1. The van der Waals surface area contributed by atoms with Gasteiger partial charge in [0.25, 0.3) is 0 Å². The number of aryl methyl sites for hydroxylation is 1. The maximum absolute atomic E-state index is 13.1. The van der Waals surface area contributed by atoms with Crippen LogP contribution in [-0.2, 0) is 10.0 Å². The van der Waals surface area contributed by atoms with E-state index in [-0.39, 0.29) is 17.5 Å². The number of hydrogen-bond donors (Lipinski definition) is 1. The molecule has 0 fully saturated rings. The van der Waals surface area contributed by atoms with Gasteiger partial charge in [-0.3, -0.25) is 9.29 Å². The minimum Gasteiger partial charge on any atom is -0.494 e. The number of benzene rings is 1. The van der Waals surface area contributed by atoms with E-state index in [0.29, 0.717) is 28.8 Å². The lowest BCUT2D eigenvalue weighted by atomic mass is 10.2. The Balaban J connectivity index is 1.76. The van der Waals surface area contributed by atoms with Crippen LogP contribution in [0.5, 0.6) is 11.5 Å². The lowest BCUT2D eigenvalue weighted by Gasteiger charge is -2.17. The number of furan rings is 1. The minimum atomic E-state index is -3.88. The van der Waals surface area contributed by atoms with E-state index >= 15 is 0 Å². The molecule has 0 aliphatic rings. The Labute approximate surface area is 196 Å². The van der Waals surface area contributed by atoms with Gasteiger partial charge in [-0.15, -0.1) is 10.2 Å². The van der Waals surface area contributed by atoms with E-state index in [0.717, 1.165) is 5.56 Å². The number of hydrogen-bond acceptors (Lipinski definition) is 9. The topological polar surface area (TPSA) is 134 Å². The summed E-state index contributed by atoms with van der Waals surface area (Å²) in [6.07, 6.45) is 4.79. The van der Waals surface area contributed by atoms with Gasteiger partial charge in [0.1, 0.15) is 23.0 Å². The fourth-order valence-electron chi connectivity index (χ4n) is 3.42. The molecule has 0 aliphatic carbocycles. The van der Waals surface area contributed by atoms with Crippen LogP contribution in [0, 0.1) is 6.92 Å². The van der Waals surface area contributed by atoms with Crippen molar-refractivity contribution in [1.29, 1.82) is 0 Å². The molecule has 1 atom stereocenters. The third-order valence-electron chi connectivity index (χ3n) is 4.99. The van der Waals surface area contributed by atoms with Gasteiger partial charge in [0.15, 0.2) is 5.76 Å². The molecule has 4 aromatic rings. The second-order valence-corrected chi connectivity index (χ2v) is 9.34. The van der Waals surface area contributed by atoms with Crippen molar-refractivity contribution in [2.75, 3.05) is 24.7 Å². The van der Waals surface area contributed by atoms with Gasteiger partial charge in [0, 0.05) is 18.3 Å². The Morgan fingerprint density at radius 3 is 2.32 bits per heavy atom. The molecule has 34 heavy (non-hydrogen) atoms. The molecule has 1 N–H and O–H groups in total. The molecule has 0 saturated carbocycles. The molecule has 0 bridgehead atoms. The summed E-state index contributed by atoms with van der Waals surface area (Å²) in [7, 11) is -0.878. The molecule has 178 valence electrons. The van der Waals surface area contributed by atoms with Crippen LogP contribution in [0.3, 0.4) is 0 Å². The molecule has 0 aliphatic heterocycles. The zero-order valence-corrected chi connectivity index (χ0v) is 19.9. The molecular weight excluding hydrogens is 460 g/mol. The molecule has 4 rings (SSSR count). The highest BCUT2D eigenvalue weighted by molar-refractivity contribution is 7.92. The third kappa shape index (κ3) is 4.71. The van der Waals surface area contributed by atoms with E-state index < -0.39 is 15.9 Å². The summed E-state index contributed by atoms with van der Waals surface area (Å²) in [5.74, 6) is 1.16. The first kappa shape index (κ1) is 23.2. The molecule has 0 unspecified atom stereocenters. The van der Waals surface area contributed by atoms with Crippen LogP contribution in [0.4, 0.5) is 5.95 Å². The van der Waals surface area contributed by atoms with Crippen molar-refractivity contribution < 1.29 is 22.3 Å². The molecule has 3 aromatic heterocycles. The summed E-state index contributed by atoms with van der Waals surface area (Å²) < 4.78 is 46.8. The van der Waals surface area contributed by atoms with Gasteiger partial charge in [-0.2, -0.15) is 0 Å². The van der Waals surface area contributed by atoms with Crippen LogP contribution in [-0.4, -0.2) is 53.1 Å². The van der Waals surface area contributed by atoms with Crippen LogP contribution in [0.1, 0.15) is 24.2 Å². The molecular formula is C22H24N6O5S. The summed E-state index contributed by atoms with van der Waals surface area (Å²) in [6, 6.07) is 8.58. The number of ether oxygens (including phenoxy) is 2. The normalized spacial score (nSPS) is 12.4. The molecule has 1 aromatic carbocycles. The third-order valence-corrected chi connectivity index (χ3v) is 6.42. The highest BCUT2D eigenvalue weighted by Gasteiger charge is 2.27. The Bertz CT molecular complexity index is 1350. The summed E-state index contributed by atoms with van der Waals surface area (Å²) >= 11 is 0. The molecule has 0 saturated heterocycles. The van der Waals surface area contributed by atoms with Crippen molar-refractivity contribution in [3.8, 4) is 28.8 Å². The van der Waals surface area contributed by atoms with E-state index in [9.17, 15) is 8.42 Å². The van der Waals surface area contributed by atoms with Gasteiger partial charge in [0.05, 0.1) is 26.2 Å². The molecule has 0 amide bonds. The van der Waals surface area contributed by atoms with E-state index in [4.69, 9.17) is 13.9 Å².